The SMILES string of the molecule is O=C(NCC1(c2ccccc2)CCOCC1)[C@H]1CCCN(S(=O)(=O)CCCc2ccccc2)C1. The fourth-order valence-electron chi connectivity index (χ4n) is 5.16. The summed E-state index contributed by atoms with van der Waals surface area (Å²) in [6.45, 7) is 2.70. The highest BCUT2D eigenvalue weighted by atomic mass is 32.2. The summed E-state index contributed by atoms with van der Waals surface area (Å²) in [7, 11) is -3.37. The van der Waals surface area contributed by atoms with Crippen LogP contribution >= 0.6 is 0 Å². The molecule has 34 heavy (non-hydrogen) atoms. The van der Waals surface area contributed by atoms with E-state index in [0.717, 1.165) is 31.2 Å². The summed E-state index contributed by atoms with van der Waals surface area (Å²) in [6.07, 6.45) is 4.50. The van der Waals surface area contributed by atoms with Gasteiger partial charge in [0.2, 0.25) is 15.9 Å². The molecule has 184 valence electrons. The highest BCUT2D eigenvalue weighted by molar-refractivity contribution is 7.89. The standard InChI is InChI=1S/C27H36N2O4S/c30-26(28-22-27(15-18-33-19-16-27)25-13-5-2-6-14-25)24-12-7-17-29(21-24)34(31,32)20-8-11-23-9-3-1-4-10-23/h1-6,9-10,13-14,24H,7-8,11-12,15-22H2,(H,28,30)/t24-/m0/s1. The van der Waals surface area contributed by atoms with Crippen LogP contribution in [0.15, 0.2) is 60.7 Å². The molecule has 6 nitrogen and oxygen atoms in total. The Morgan fingerprint density at radius 1 is 1.03 bits per heavy atom. The first-order valence-electron chi connectivity index (χ1n) is 12.4. The molecular formula is C27H36N2O4S. The largest absolute Gasteiger partial charge is 0.381 e. The number of amides is 1. The Labute approximate surface area is 203 Å². The molecule has 2 aliphatic heterocycles. The topological polar surface area (TPSA) is 75.7 Å². The van der Waals surface area contributed by atoms with Crippen LogP contribution < -0.4 is 5.32 Å². The third-order valence-corrected chi connectivity index (χ3v) is 9.22. The number of hydrogen-bond donors (Lipinski definition) is 1. The molecule has 0 spiro atoms. The van der Waals surface area contributed by atoms with Gasteiger partial charge in [-0.25, -0.2) is 12.7 Å². The first-order valence-corrected chi connectivity index (χ1v) is 14.0. The minimum absolute atomic E-state index is 0.0361. The lowest BCUT2D eigenvalue weighted by atomic mass is 9.74. The van der Waals surface area contributed by atoms with Crippen LogP contribution in [0.3, 0.4) is 0 Å². The molecule has 0 radical (unpaired) electrons. The van der Waals surface area contributed by atoms with Gasteiger partial charge in [-0.3, -0.25) is 4.79 Å². The van der Waals surface area contributed by atoms with Gasteiger partial charge in [-0.05, 0) is 49.7 Å². The Morgan fingerprint density at radius 3 is 2.41 bits per heavy atom. The van der Waals surface area contributed by atoms with Gasteiger partial charge in [-0.15, -0.1) is 0 Å². The van der Waals surface area contributed by atoms with Crippen molar-refractivity contribution < 1.29 is 17.9 Å². The quantitative estimate of drug-likeness (QED) is 0.591. The lowest BCUT2D eigenvalue weighted by Crippen LogP contribution is -2.49. The summed E-state index contributed by atoms with van der Waals surface area (Å²) in [5.41, 5.74) is 2.24. The second kappa shape index (κ2) is 11.5. The molecule has 2 fully saturated rings. The van der Waals surface area contributed by atoms with Crippen LogP contribution in [0.25, 0.3) is 0 Å². The maximum atomic E-state index is 13.1. The van der Waals surface area contributed by atoms with Crippen LogP contribution in [0.4, 0.5) is 0 Å². The van der Waals surface area contributed by atoms with Gasteiger partial charge in [-0.1, -0.05) is 60.7 Å². The van der Waals surface area contributed by atoms with Crippen LogP contribution in [0.1, 0.15) is 43.2 Å². The molecule has 2 aromatic carbocycles. The number of ether oxygens (including phenoxy) is 1. The minimum Gasteiger partial charge on any atom is -0.381 e. The average molecular weight is 485 g/mol. The van der Waals surface area contributed by atoms with Gasteiger partial charge in [0.1, 0.15) is 0 Å². The van der Waals surface area contributed by atoms with E-state index in [0.29, 0.717) is 39.1 Å². The monoisotopic (exact) mass is 484 g/mol. The van der Waals surface area contributed by atoms with E-state index in [9.17, 15) is 13.2 Å². The van der Waals surface area contributed by atoms with E-state index in [4.69, 9.17) is 4.74 Å². The molecule has 2 aliphatic rings. The highest BCUT2D eigenvalue weighted by Crippen LogP contribution is 2.34. The van der Waals surface area contributed by atoms with Crippen LogP contribution in [0, 0.1) is 5.92 Å². The highest BCUT2D eigenvalue weighted by Gasteiger charge is 2.37. The van der Waals surface area contributed by atoms with E-state index in [2.05, 4.69) is 17.4 Å². The number of rotatable bonds is 9. The van der Waals surface area contributed by atoms with Crippen molar-refractivity contribution in [1.82, 2.24) is 9.62 Å². The first-order chi connectivity index (χ1) is 16.5. The number of nitrogens with one attached hydrogen (secondary N) is 1. The zero-order valence-electron chi connectivity index (χ0n) is 19.8. The maximum absolute atomic E-state index is 13.1. The fourth-order valence-corrected chi connectivity index (χ4v) is 6.75. The Kier molecular flexibility index (Phi) is 8.40. The molecule has 0 aromatic heterocycles. The van der Waals surface area contributed by atoms with Gasteiger partial charge in [0.15, 0.2) is 0 Å². The van der Waals surface area contributed by atoms with Gasteiger partial charge in [0, 0.05) is 38.3 Å². The van der Waals surface area contributed by atoms with Crippen molar-refractivity contribution in [2.45, 2.75) is 43.9 Å². The normalized spacial score (nSPS) is 21.1. The van der Waals surface area contributed by atoms with Gasteiger partial charge in [0.05, 0.1) is 11.7 Å². The van der Waals surface area contributed by atoms with Crippen molar-refractivity contribution >= 4 is 15.9 Å². The second-order valence-electron chi connectivity index (χ2n) is 9.58. The van der Waals surface area contributed by atoms with Crippen molar-refractivity contribution in [2.24, 2.45) is 5.92 Å². The van der Waals surface area contributed by atoms with Crippen molar-refractivity contribution in [2.75, 3.05) is 38.6 Å². The van der Waals surface area contributed by atoms with E-state index in [1.165, 1.54) is 9.87 Å². The number of piperidine rings is 1. The summed E-state index contributed by atoms with van der Waals surface area (Å²) >= 11 is 0. The molecular weight excluding hydrogens is 448 g/mol. The van der Waals surface area contributed by atoms with E-state index in [1.807, 2.05) is 48.5 Å². The van der Waals surface area contributed by atoms with Gasteiger partial charge in [-0.2, -0.15) is 0 Å². The van der Waals surface area contributed by atoms with Crippen molar-refractivity contribution in [3.05, 3.63) is 71.8 Å². The number of benzene rings is 2. The van der Waals surface area contributed by atoms with Crippen molar-refractivity contribution in [3.8, 4) is 0 Å². The summed E-state index contributed by atoms with van der Waals surface area (Å²) < 4.78 is 33.1. The minimum atomic E-state index is -3.37. The zero-order chi connectivity index (χ0) is 23.9. The van der Waals surface area contributed by atoms with Gasteiger partial charge in [0.25, 0.3) is 0 Å². The molecule has 1 atom stereocenters. The molecule has 1 amide bonds. The van der Waals surface area contributed by atoms with Gasteiger partial charge >= 0.3 is 0 Å². The molecule has 7 heteroatoms. The smallest absolute Gasteiger partial charge is 0.224 e. The molecule has 0 unspecified atom stereocenters. The summed E-state index contributed by atoms with van der Waals surface area (Å²) in [6, 6.07) is 20.3. The fraction of sp³-hybridized carbons (Fsp3) is 0.519. The summed E-state index contributed by atoms with van der Waals surface area (Å²) in [5.74, 6) is -0.218. The van der Waals surface area contributed by atoms with Crippen molar-refractivity contribution in [3.63, 3.8) is 0 Å². The van der Waals surface area contributed by atoms with Gasteiger partial charge < -0.3 is 10.1 Å². The third kappa shape index (κ3) is 6.26. The molecule has 2 aromatic rings. The Morgan fingerprint density at radius 2 is 1.71 bits per heavy atom. The molecule has 0 bridgehead atoms. The number of carbonyl (C=O) groups is 1. The molecule has 2 heterocycles. The lowest BCUT2D eigenvalue weighted by molar-refractivity contribution is -0.126. The number of hydrogen-bond acceptors (Lipinski definition) is 4. The van der Waals surface area contributed by atoms with Crippen LogP contribution in [-0.2, 0) is 31.4 Å². The predicted molar refractivity (Wildman–Crippen MR) is 134 cm³/mol. The third-order valence-electron chi connectivity index (χ3n) is 7.30. The molecule has 0 aliphatic carbocycles. The van der Waals surface area contributed by atoms with E-state index >= 15 is 0 Å². The summed E-state index contributed by atoms with van der Waals surface area (Å²) in [5, 5.41) is 3.18. The van der Waals surface area contributed by atoms with Crippen LogP contribution in [-0.4, -0.2) is 57.2 Å². The maximum Gasteiger partial charge on any atom is 0.224 e. The molecule has 2 saturated heterocycles. The van der Waals surface area contributed by atoms with Crippen molar-refractivity contribution in [1.29, 1.82) is 0 Å². The van der Waals surface area contributed by atoms with Crippen LogP contribution in [0.5, 0.6) is 0 Å². The number of carbonyl (C=O) groups excluding carboxylic acids is 1. The average Bonchev–Trinajstić information content (AvgIpc) is 2.89. The van der Waals surface area contributed by atoms with Crippen LogP contribution in [0.2, 0.25) is 0 Å². The summed E-state index contributed by atoms with van der Waals surface area (Å²) in [4.78, 5) is 13.1. The number of sulfonamides is 1. The van der Waals surface area contributed by atoms with E-state index < -0.39 is 10.0 Å². The zero-order valence-corrected chi connectivity index (χ0v) is 20.6. The Balaban J connectivity index is 1.32. The number of aryl methyl sites for hydroxylation is 1. The van der Waals surface area contributed by atoms with E-state index in [-0.39, 0.29) is 29.5 Å². The Hall–Kier alpha value is -2.22. The molecule has 4 rings (SSSR count). The predicted octanol–water partition coefficient (Wildman–Crippen LogP) is 3.53. The first kappa shape index (κ1) is 24.9. The second-order valence-corrected chi connectivity index (χ2v) is 11.7. The Bertz CT molecular complexity index is 1020. The molecule has 1 N–H and O–H groups in total. The molecule has 0 saturated carbocycles. The number of nitrogens with zero attached hydrogens (tertiary/aromatic N) is 1. The van der Waals surface area contributed by atoms with E-state index in [1.54, 1.807) is 0 Å². The lowest BCUT2D eigenvalue weighted by Gasteiger charge is -2.38.